The Labute approximate surface area is 110 Å². The summed E-state index contributed by atoms with van der Waals surface area (Å²) >= 11 is 6.39. The summed E-state index contributed by atoms with van der Waals surface area (Å²) < 4.78 is 1.01. The minimum absolute atomic E-state index is 0.0472. The lowest BCUT2D eigenvalue weighted by atomic mass is 10.3. The maximum atomic E-state index is 11.8. The molecular formula is C10H9BrN2OS2. The highest BCUT2D eigenvalue weighted by Crippen LogP contribution is 2.27. The van der Waals surface area contributed by atoms with Crippen LogP contribution in [0, 0.1) is 6.92 Å². The van der Waals surface area contributed by atoms with Gasteiger partial charge in [-0.2, -0.15) is 0 Å². The zero-order valence-corrected chi connectivity index (χ0v) is 11.7. The van der Waals surface area contributed by atoms with E-state index in [9.17, 15) is 4.79 Å². The summed E-state index contributed by atoms with van der Waals surface area (Å²) in [5, 5.41) is 5.65. The third-order valence-electron chi connectivity index (χ3n) is 1.96. The molecule has 0 radical (unpaired) electrons. The highest BCUT2D eigenvalue weighted by molar-refractivity contribution is 9.11. The van der Waals surface area contributed by atoms with Crippen LogP contribution in [-0.2, 0) is 6.54 Å². The first-order valence-electron chi connectivity index (χ1n) is 4.59. The molecule has 0 unspecified atom stereocenters. The molecule has 0 saturated carbocycles. The molecular weight excluding hydrogens is 308 g/mol. The number of aryl methyl sites for hydroxylation is 1. The quantitative estimate of drug-likeness (QED) is 0.944. The lowest BCUT2D eigenvalue weighted by Gasteiger charge is -1.99. The molecule has 0 aliphatic carbocycles. The van der Waals surface area contributed by atoms with Gasteiger partial charge in [-0.25, -0.2) is 4.98 Å². The number of amides is 1. The fraction of sp³-hybridized carbons (Fsp3) is 0.200. The molecule has 0 atom stereocenters. The van der Waals surface area contributed by atoms with Crippen LogP contribution in [0.4, 0.5) is 0 Å². The first-order chi connectivity index (χ1) is 7.66. The van der Waals surface area contributed by atoms with Gasteiger partial charge >= 0.3 is 0 Å². The van der Waals surface area contributed by atoms with Gasteiger partial charge in [0.1, 0.15) is 5.01 Å². The molecule has 0 bridgehead atoms. The molecule has 1 amide bonds. The van der Waals surface area contributed by atoms with Crippen molar-refractivity contribution >= 4 is 44.5 Å². The summed E-state index contributed by atoms with van der Waals surface area (Å²) in [7, 11) is 0. The highest BCUT2D eigenvalue weighted by atomic mass is 79.9. The number of halogens is 1. The second-order valence-electron chi connectivity index (χ2n) is 3.18. The third kappa shape index (κ3) is 2.69. The average Bonchev–Trinajstić information content (AvgIpc) is 2.86. The van der Waals surface area contributed by atoms with Crippen LogP contribution in [0.2, 0.25) is 0 Å². The minimum atomic E-state index is -0.0472. The van der Waals surface area contributed by atoms with E-state index in [0.29, 0.717) is 6.54 Å². The van der Waals surface area contributed by atoms with E-state index in [4.69, 9.17) is 0 Å². The van der Waals surface area contributed by atoms with Crippen LogP contribution >= 0.6 is 38.6 Å². The molecule has 0 aliphatic heterocycles. The second kappa shape index (κ2) is 5.07. The Morgan fingerprint density at radius 1 is 1.62 bits per heavy atom. The van der Waals surface area contributed by atoms with E-state index in [1.807, 2.05) is 18.4 Å². The van der Waals surface area contributed by atoms with Crippen LogP contribution < -0.4 is 5.32 Å². The number of aromatic nitrogens is 1. The van der Waals surface area contributed by atoms with E-state index in [1.165, 1.54) is 22.7 Å². The molecule has 84 valence electrons. The summed E-state index contributed by atoms with van der Waals surface area (Å²) in [4.78, 5) is 16.6. The van der Waals surface area contributed by atoms with Crippen molar-refractivity contribution in [2.75, 3.05) is 0 Å². The number of thiazole rings is 1. The van der Waals surface area contributed by atoms with Gasteiger partial charge < -0.3 is 5.32 Å². The van der Waals surface area contributed by atoms with E-state index in [1.54, 1.807) is 6.20 Å². The van der Waals surface area contributed by atoms with Gasteiger partial charge in [0.15, 0.2) is 0 Å². The van der Waals surface area contributed by atoms with E-state index in [2.05, 4.69) is 26.2 Å². The molecule has 0 aliphatic rings. The number of thiophene rings is 1. The maximum Gasteiger partial charge on any atom is 0.261 e. The summed E-state index contributed by atoms with van der Waals surface area (Å²) in [5.74, 6) is -0.0472. The van der Waals surface area contributed by atoms with E-state index >= 15 is 0 Å². The first kappa shape index (κ1) is 11.8. The van der Waals surface area contributed by atoms with E-state index in [0.717, 1.165) is 19.2 Å². The Balaban J connectivity index is 1.98. The molecule has 0 spiro atoms. The van der Waals surface area contributed by atoms with Gasteiger partial charge in [0.25, 0.3) is 5.91 Å². The monoisotopic (exact) mass is 316 g/mol. The zero-order valence-electron chi connectivity index (χ0n) is 8.49. The summed E-state index contributed by atoms with van der Waals surface area (Å²) in [6, 6.07) is 1.88. The minimum Gasteiger partial charge on any atom is -0.345 e. The van der Waals surface area contributed by atoms with Crippen molar-refractivity contribution in [2.24, 2.45) is 0 Å². The third-order valence-corrected chi connectivity index (χ3v) is 4.88. The van der Waals surface area contributed by atoms with E-state index < -0.39 is 0 Å². The number of hydrogen-bond donors (Lipinski definition) is 1. The smallest absolute Gasteiger partial charge is 0.261 e. The molecule has 2 aromatic heterocycles. The molecule has 3 nitrogen and oxygen atoms in total. The molecule has 2 rings (SSSR count). The van der Waals surface area contributed by atoms with Crippen molar-refractivity contribution in [2.45, 2.75) is 13.5 Å². The Kier molecular flexibility index (Phi) is 3.73. The number of nitrogens with zero attached hydrogens (tertiary/aromatic N) is 1. The lowest BCUT2D eigenvalue weighted by molar-refractivity contribution is 0.0955. The van der Waals surface area contributed by atoms with Gasteiger partial charge in [-0.15, -0.1) is 22.7 Å². The molecule has 0 saturated heterocycles. The van der Waals surface area contributed by atoms with Crippen LogP contribution in [0.1, 0.15) is 20.2 Å². The molecule has 1 N–H and O–H groups in total. The van der Waals surface area contributed by atoms with Crippen LogP contribution in [0.5, 0.6) is 0 Å². The fourth-order valence-electron chi connectivity index (χ4n) is 1.16. The van der Waals surface area contributed by atoms with Gasteiger partial charge in [0.05, 0.1) is 15.2 Å². The van der Waals surface area contributed by atoms with Gasteiger partial charge in [-0.3, -0.25) is 4.79 Å². The summed E-state index contributed by atoms with van der Waals surface area (Å²) in [6.45, 7) is 2.46. The number of carbonyl (C=O) groups excluding carboxylic acids is 1. The van der Waals surface area contributed by atoms with Crippen LogP contribution in [0.25, 0.3) is 0 Å². The van der Waals surface area contributed by atoms with Crippen molar-refractivity contribution in [3.05, 3.63) is 36.9 Å². The highest BCUT2D eigenvalue weighted by Gasteiger charge is 2.10. The van der Waals surface area contributed by atoms with Crippen LogP contribution in [0.3, 0.4) is 0 Å². The summed E-state index contributed by atoms with van der Waals surface area (Å²) in [6.07, 6.45) is 1.73. The van der Waals surface area contributed by atoms with Crippen molar-refractivity contribution in [1.29, 1.82) is 0 Å². The van der Waals surface area contributed by atoms with Crippen LogP contribution in [0.15, 0.2) is 21.4 Å². The zero-order chi connectivity index (χ0) is 11.5. The van der Waals surface area contributed by atoms with Crippen molar-refractivity contribution < 1.29 is 4.79 Å². The first-order valence-corrected chi connectivity index (χ1v) is 7.08. The fourth-order valence-corrected chi connectivity index (χ4v) is 3.16. The molecule has 2 heterocycles. The number of rotatable bonds is 3. The van der Waals surface area contributed by atoms with E-state index in [-0.39, 0.29) is 5.91 Å². The Hall–Kier alpha value is -0.720. The van der Waals surface area contributed by atoms with Gasteiger partial charge in [0, 0.05) is 11.6 Å². The normalized spacial score (nSPS) is 10.4. The predicted molar refractivity (Wildman–Crippen MR) is 70.0 cm³/mol. The van der Waals surface area contributed by atoms with Gasteiger partial charge in [-0.1, -0.05) is 0 Å². The average molecular weight is 317 g/mol. The van der Waals surface area contributed by atoms with Crippen molar-refractivity contribution in [1.82, 2.24) is 10.3 Å². The summed E-state index contributed by atoms with van der Waals surface area (Å²) in [5.41, 5.74) is 1.09. The molecule has 0 fully saturated rings. The number of hydrogen-bond acceptors (Lipinski definition) is 4. The number of carbonyl (C=O) groups is 1. The van der Waals surface area contributed by atoms with Gasteiger partial charge in [0.2, 0.25) is 0 Å². The largest absolute Gasteiger partial charge is 0.345 e. The number of nitrogens with one attached hydrogen (secondary N) is 1. The SMILES string of the molecule is Cc1cc(C(=O)NCc2nccs2)sc1Br. The topological polar surface area (TPSA) is 42.0 Å². The lowest BCUT2D eigenvalue weighted by Crippen LogP contribution is -2.21. The molecule has 6 heteroatoms. The Bertz CT molecular complexity index is 473. The maximum absolute atomic E-state index is 11.8. The second-order valence-corrected chi connectivity index (χ2v) is 6.53. The molecule has 16 heavy (non-hydrogen) atoms. The molecule has 2 aromatic rings. The Morgan fingerprint density at radius 3 is 3.00 bits per heavy atom. The van der Waals surface area contributed by atoms with Crippen molar-refractivity contribution in [3.63, 3.8) is 0 Å². The predicted octanol–water partition coefficient (Wildman–Crippen LogP) is 3.21. The molecule has 0 aromatic carbocycles. The van der Waals surface area contributed by atoms with Gasteiger partial charge in [-0.05, 0) is 34.5 Å². The van der Waals surface area contributed by atoms with Crippen LogP contribution in [-0.4, -0.2) is 10.9 Å². The standard InChI is InChI=1S/C10H9BrN2OS2/c1-6-4-7(16-9(6)11)10(14)13-5-8-12-2-3-15-8/h2-4H,5H2,1H3,(H,13,14). The van der Waals surface area contributed by atoms with Crippen molar-refractivity contribution in [3.8, 4) is 0 Å². The Morgan fingerprint density at radius 2 is 2.44 bits per heavy atom.